The molecule has 3 heteroatoms. The molecule has 1 atom stereocenters. The summed E-state index contributed by atoms with van der Waals surface area (Å²) in [5.41, 5.74) is 0.462. The molecule has 0 aromatic rings. The van der Waals surface area contributed by atoms with Crippen molar-refractivity contribution in [3.8, 4) is 0 Å². The number of rotatable bonds is 5. The van der Waals surface area contributed by atoms with Crippen molar-refractivity contribution in [2.24, 2.45) is 5.41 Å². The maximum Gasteiger partial charge on any atom is 0.0147 e. The first kappa shape index (κ1) is 14.3. The Morgan fingerprint density at radius 1 is 1.31 bits per heavy atom. The van der Waals surface area contributed by atoms with Gasteiger partial charge < -0.3 is 10.2 Å². The van der Waals surface area contributed by atoms with Crippen LogP contribution in [0.4, 0.5) is 0 Å². The molecular weight excluding hydrogens is 216 g/mol. The molecule has 0 amide bonds. The Hall–Kier alpha value is 0.270. The summed E-state index contributed by atoms with van der Waals surface area (Å²) in [7, 11) is 0. The normalized spacial score (nSPS) is 23.6. The fraction of sp³-hybridized carbons (Fsp3) is 1.00. The maximum absolute atomic E-state index is 3.56. The summed E-state index contributed by atoms with van der Waals surface area (Å²) in [4.78, 5) is 2.59. The summed E-state index contributed by atoms with van der Waals surface area (Å²) in [6, 6.07) is 0. The Kier molecular flexibility index (Phi) is 6.16. The molecule has 1 rings (SSSR count). The van der Waals surface area contributed by atoms with E-state index in [1.807, 2.05) is 0 Å². The summed E-state index contributed by atoms with van der Waals surface area (Å²) in [5, 5.41) is 4.38. The van der Waals surface area contributed by atoms with Gasteiger partial charge in [0.05, 0.1) is 0 Å². The van der Waals surface area contributed by atoms with Gasteiger partial charge in [-0.3, -0.25) is 0 Å². The molecule has 1 aliphatic rings. The van der Waals surface area contributed by atoms with Crippen LogP contribution in [0, 0.1) is 5.41 Å². The van der Waals surface area contributed by atoms with E-state index in [9.17, 15) is 0 Å². The molecule has 1 saturated heterocycles. The third kappa shape index (κ3) is 6.77. The number of hydrogen-bond donors (Lipinski definition) is 1. The second-order valence-electron chi connectivity index (χ2n) is 6.04. The highest BCUT2D eigenvalue weighted by Gasteiger charge is 2.15. The van der Waals surface area contributed by atoms with Crippen molar-refractivity contribution in [1.29, 1.82) is 0 Å². The third-order valence-electron chi connectivity index (χ3n) is 2.98. The zero-order valence-corrected chi connectivity index (χ0v) is 12.2. The standard InChI is InChI=1S/C13H28N2S/c1-12-11-15(9-10-16-12)8-7-14-6-5-13(2,3)4/h12,14H,5-11H2,1-4H3. The molecule has 0 aliphatic carbocycles. The first-order chi connectivity index (χ1) is 7.47. The van der Waals surface area contributed by atoms with Crippen molar-refractivity contribution in [3.05, 3.63) is 0 Å². The Bertz CT molecular complexity index is 189. The monoisotopic (exact) mass is 244 g/mol. The summed E-state index contributed by atoms with van der Waals surface area (Å²) in [5.74, 6) is 1.31. The van der Waals surface area contributed by atoms with Crippen molar-refractivity contribution < 1.29 is 0 Å². The summed E-state index contributed by atoms with van der Waals surface area (Å²) in [6.45, 7) is 15.3. The third-order valence-corrected chi connectivity index (χ3v) is 4.12. The van der Waals surface area contributed by atoms with Crippen molar-refractivity contribution >= 4 is 11.8 Å². The summed E-state index contributed by atoms with van der Waals surface area (Å²) < 4.78 is 0. The van der Waals surface area contributed by atoms with Crippen molar-refractivity contribution in [2.45, 2.75) is 39.4 Å². The minimum Gasteiger partial charge on any atom is -0.315 e. The molecule has 0 radical (unpaired) electrons. The van der Waals surface area contributed by atoms with Gasteiger partial charge in [-0.05, 0) is 18.4 Å². The van der Waals surface area contributed by atoms with Gasteiger partial charge in [0.2, 0.25) is 0 Å². The maximum atomic E-state index is 3.56. The van der Waals surface area contributed by atoms with Crippen LogP contribution in [-0.4, -0.2) is 48.6 Å². The van der Waals surface area contributed by atoms with Crippen molar-refractivity contribution in [2.75, 3.05) is 38.5 Å². The molecule has 96 valence electrons. The van der Waals surface area contributed by atoms with E-state index in [0.717, 1.165) is 18.3 Å². The molecule has 0 spiro atoms. The van der Waals surface area contributed by atoms with E-state index in [1.165, 1.54) is 31.8 Å². The lowest BCUT2D eigenvalue weighted by Gasteiger charge is -2.30. The van der Waals surface area contributed by atoms with Gasteiger partial charge in [-0.2, -0.15) is 11.8 Å². The second-order valence-corrected chi connectivity index (χ2v) is 7.59. The predicted molar refractivity (Wildman–Crippen MR) is 75.3 cm³/mol. The highest BCUT2D eigenvalue weighted by Crippen LogP contribution is 2.18. The van der Waals surface area contributed by atoms with Gasteiger partial charge in [0, 0.05) is 37.2 Å². The number of nitrogens with zero attached hydrogens (tertiary/aromatic N) is 1. The molecule has 1 aliphatic heterocycles. The van der Waals surface area contributed by atoms with Gasteiger partial charge in [-0.15, -0.1) is 0 Å². The number of hydrogen-bond acceptors (Lipinski definition) is 3. The van der Waals surface area contributed by atoms with E-state index in [0.29, 0.717) is 5.41 Å². The average Bonchev–Trinajstić information content (AvgIpc) is 2.15. The molecule has 2 nitrogen and oxygen atoms in total. The molecule has 0 saturated carbocycles. The Labute approximate surface area is 106 Å². The lowest BCUT2D eigenvalue weighted by atomic mass is 9.92. The molecule has 16 heavy (non-hydrogen) atoms. The molecule has 1 unspecified atom stereocenters. The first-order valence-corrected chi connectivity index (χ1v) is 7.57. The molecule has 0 aromatic heterocycles. The van der Waals surface area contributed by atoms with Crippen LogP contribution in [0.3, 0.4) is 0 Å². The Balaban J connectivity index is 1.98. The second kappa shape index (κ2) is 6.87. The molecule has 0 bridgehead atoms. The van der Waals surface area contributed by atoms with Gasteiger partial charge in [0.1, 0.15) is 0 Å². The number of thioether (sulfide) groups is 1. The molecule has 1 N–H and O–H groups in total. The van der Waals surface area contributed by atoms with Crippen LogP contribution < -0.4 is 5.32 Å². The minimum atomic E-state index is 0.462. The van der Waals surface area contributed by atoms with Crippen molar-refractivity contribution in [1.82, 2.24) is 10.2 Å². The zero-order valence-electron chi connectivity index (χ0n) is 11.4. The quantitative estimate of drug-likeness (QED) is 0.748. The minimum absolute atomic E-state index is 0.462. The van der Waals surface area contributed by atoms with Crippen LogP contribution in [0.1, 0.15) is 34.1 Å². The topological polar surface area (TPSA) is 15.3 Å². The Morgan fingerprint density at radius 2 is 2.06 bits per heavy atom. The highest BCUT2D eigenvalue weighted by molar-refractivity contribution is 7.99. The SMILES string of the molecule is CC1CN(CCNCCC(C)(C)C)CCS1. The zero-order chi connectivity index (χ0) is 12.0. The van der Waals surface area contributed by atoms with E-state index in [-0.39, 0.29) is 0 Å². The van der Waals surface area contributed by atoms with Gasteiger partial charge in [0.15, 0.2) is 0 Å². The van der Waals surface area contributed by atoms with Crippen LogP contribution in [0.5, 0.6) is 0 Å². The van der Waals surface area contributed by atoms with E-state index in [1.54, 1.807) is 0 Å². The van der Waals surface area contributed by atoms with Gasteiger partial charge >= 0.3 is 0 Å². The van der Waals surface area contributed by atoms with Crippen molar-refractivity contribution in [3.63, 3.8) is 0 Å². The molecule has 1 heterocycles. The first-order valence-electron chi connectivity index (χ1n) is 6.52. The van der Waals surface area contributed by atoms with Gasteiger partial charge in [-0.1, -0.05) is 27.7 Å². The lowest BCUT2D eigenvalue weighted by Crippen LogP contribution is -2.40. The fourth-order valence-corrected chi connectivity index (χ4v) is 3.00. The average molecular weight is 244 g/mol. The van der Waals surface area contributed by atoms with Crippen LogP contribution in [-0.2, 0) is 0 Å². The van der Waals surface area contributed by atoms with Crippen LogP contribution in [0.2, 0.25) is 0 Å². The fourth-order valence-electron chi connectivity index (χ4n) is 1.92. The largest absolute Gasteiger partial charge is 0.315 e. The van der Waals surface area contributed by atoms with Gasteiger partial charge in [0.25, 0.3) is 0 Å². The number of nitrogens with one attached hydrogen (secondary N) is 1. The van der Waals surface area contributed by atoms with Crippen LogP contribution in [0.25, 0.3) is 0 Å². The van der Waals surface area contributed by atoms with Crippen LogP contribution in [0.15, 0.2) is 0 Å². The lowest BCUT2D eigenvalue weighted by molar-refractivity contribution is 0.281. The summed E-state index contributed by atoms with van der Waals surface area (Å²) >= 11 is 2.11. The molecule has 0 aromatic carbocycles. The molecule has 1 fully saturated rings. The van der Waals surface area contributed by atoms with Gasteiger partial charge in [-0.25, -0.2) is 0 Å². The highest BCUT2D eigenvalue weighted by atomic mass is 32.2. The molecular formula is C13H28N2S. The van der Waals surface area contributed by atoms with E-state index >= 15 is 0 Å². The smallest absolute Gasteiger partial charge is 0.0147 e. The van der Waals surface area contributed by atoms with E-state index < -0.39 is 0 Å². The van der Waals surface area contributed by atoms with Crippen LogP contribution >= 0.6 is 11.8 Å². The van der Waals surface area contributed by atoms with E-state index in [2.05, 4.69) is 49.7 Å². The summed E-state index contributed by atoms with van der Waals surface area (Å²) in [6.07, 6.45) is 1.26. The predicted octanol–water partition coefficient (Wildman–Crippen LogP) is 2.45. The van der Waals surface area contributed by atoms with E-state index in [4.69, 9.17) is 0 Å². The Morgan fingerprint density at radius 3 is 2.69 bits per heavy atom.